The van der Waals surface area contributed by atoms with Crippen molar-refractivity contribution in [1.82, 2.24) is 20.1 Å². The number of amides is 2. The average Bonchev–Trinajstić information content (AvgIpc) is 3.20. The summed E-state index contributed by atoms with van der Waals surface area (Å²) in [4.78, 5) is 25.0. The summed E-state index contributed by atoms with van der Waals surface area (Å²) in [6.07, 6.45) is 0. The molecule has 0 aliphatic rings. The molecule has 1 heterocycles. The Hall–Kier alpha value is -1.97. The number of hydrogen-bond donors (Lipinski definition) is 2. The zero-order valence-corrected chi connectivity index (χ0v) is 21.4. The largest absolute Gasteiger partial charge is 0.342 e. The van der Waals surface area contributed by atoms with Crippen LogP contribution in [0.5, 0.6) is 0 Å². The highest BCUT2D eigenvalue weighted by Crippen LogP contribution is 2.30. The number of anilines is 1. The van der Waals surface area contributed by atoms with Crippen molar-refractivity contribution in [2.75, 3.05) is 11.1 Å². The van der Waals surface area contributed by atoms with Gasteiger partial charge in [0.15, 0.2) is 11.0 Å². The van der Waals surface area contributed by atoms with Crippen LogP contribution in [-0.2, 0) is 11.3 Å². The maximum Gasteiger partial charge on any atom is 0.251 e. The Morgan fingerprint density at radius 1 is 1.06 bits per heavy atom. The first-order valence-electron chi connectivity index (χ1n) is 9.77. The van der Waals surface area contributed by atoms with Gasteiger partial charge in [-0.25, -0.2) is 0 Å². The smallest absolute Gasteiger partial charge is 0.251 e. The van der Waals surface area contributed by atoms with Crippen LogP contribution >= 0.6 is 58.2 Å². The normalized spacial score (nSPS) is 11.8. The second-order valence-corrected chi connectivity index (χ2v) is 9.39. The quantitative estimate of drug-likeness (QED) is 0.331. The second-order valence-electron chi connectivity index (χ2n) is 6.85. The van der Waals surface area contributed by atoms with Gasteiger partial charge < -0.3 is 15.2 Å². The predicted octanol–water partition coefficient (Wildman–Crippen LogP) is 6.13. The highest BCUT2D eigenvalue weighted by molar-refractivity contribution is 7.99. The van der Waals surface area contributed by atoms with Crippen LogP contribution in [0, 0.1) is 0 Å². The minimum atomic E-state index is -0.437. The molecule has 3 aromatic rings. The Morgan fingerprint density at radius 3 is 2.52 bits per heavy atom. The molecule has 12 heteroatoms. The number of hydrogen-bond acceptors (Lipinski definition) is 5. The summed E-state index contributed by atoms with van der Waals surface area (Å²) in [5.41, 5.74) is 0.816. The van der Waals surface area contributed by atoms with Gasteiger partial charge in [-0.3, -0.25) is 9.59 Å². The van der Waals surface area contributed by atoms with Crippen LogP contribution in [0.1, 0.15) is 36.1 Å². The second kappa shape index (κ2) is 11.4. The SMILES string of the molecule is CCn1c(SCC(=O)Nc2cccc(Cl)c2Cl)nnc1[C@H](C)NC(=O)c1ccc(Cl)c(Cl)c1. The first-order chi connectivity index (χ1) is 15.7. The van der Waals surface area contributed by atoms with E-state index in [0.717, 1.165) is 0 Å². The summed E-state index contributed by atoms with van der Waals surface area (Å²) in [5.74, 6) is 0.0630. The Balaban J connectivity index is 1.65. The van der Waals surface area contributed by atoms with E-state index in [4.69, 9.17) is 46.4 Å². The Morgan fingerprint density at radius 2 is 1.82 bits per heavy atom. The molecule has 7 nitrogen and oxygen atoms in total. The Kier molecular flexibility index (Phi) is 8.89. The standard InChI is InChI=1S/C21H19Cl4N5O2S/c1-3-30-19(11(2)26-20(32)12-7-8-13(22)15(24)9-12)28-29-21(30)33-10-17(31)27-16-6-4-5-14(23)18(16)25/h4-9,11H,3,10H2,1-2H3,(H,26,32)(H,27,31)/t11-/m0/s1. The number of nitrogens with one attached hydrogen (secondary N) is 2. The van der Waals surface area contributed by atoms with E-state index in [1.54, 1.807) is 37.3 Å². The van der Waals surface area contributed by atoms with Crippen LogP contribution in [0.2, 0.25) is 20.1 Å². The number of aromatic nitrogens is 3. The van der Waals surface area contributed by atoms with E-state index in [1.165, 1.54) is 17.8 Å². The highest BCUT2D eigenvalue weighted by atomic mass is 35.5. The molecule has 3 rings (SSSR count). The van der Waals surface area contributed by atoms with E-state index in [1.807, 2.05) is 11.5 Å². The molecule has 0 saturated heterocycles. The van der Waals surface area contributed by atoms with Crippen LogP contribution in [-0.4, -0.2) is 32.3 Å². The lowest BCUT2D eigenvalue weighted by atomic mass is 10.2. The first kappa shape index (κ1) is 25.6. The van der Waals surface area contributed by atoms with Crippen molar-refractivity contribution < 1.29 is 9.59 Å². The molecule has 2 N–H and O–H groups in total. The molecular formula is C21H19Cl4N5O2S. The number of carbonyl (C=O) groups excluding carboxylic acids is 2. The van der Waals surface area contributed by atoms with Crippen LogP contribution in [0.3, 0.4) is 0 Å². The van der Waals surface area contributed by atoms with E-state index in [-0.39, 0.29) is 22.6 Å². The third kappa shape index (κ3) is 6.33. The average molecular weight is 547 g/mol. The summed E-state index contributed by atoms with van der Waals surface area (Å²) in [6, 6.07) is 9.23. The molecule has 0 fully saturated rings. The minimum absolute atomic E-state index is 0.0883. The fourth-order valence-corrected chi connectivity index (χ4v) is 4.38. The van der Waals surface area contributed by atoms with E-state index in [0.29, 0.717) is 43.8 Å². The maximum absolute atomic E-state index is 12.6. The summed E-state index contributed by atoms with van der Waals surface area (Å²) < 4.78 is 1.84. The van der Waals surface area contributed by atoms with Gasteiger partial charge in [0.2, 0.25) is 5.91 Å². The van der Waals surface area contributed by atoms with Crippen molar-refractivity contribution in [3.05, 3.63) is 67.9 Å². The molecule has 0 unspecified atom stereocenters. The predicted molar refractivity (Wildman–Crippen MR) is 134 cm³/mol. The minimum Gasteiger partial charge on any atom is -0.342 e. The van der Waals surface area contributed by atoms with E-state index < -0.39 is 6.04 Å². The lowest BCUT2D eigenvalue weighted by molar-refractivity contribution is -0.113. The van der Waals surface area contributed by atoms with E-state index in [2.05, 4.69) is 20.8 Å². The van der Waals surface area contributed by atoms with Crippen LogP contribution in [0.4, 0.5) is 5.69 Å². The highest BCUT2D eigenvalue weighted by Gasteiger charge is 2.21. The van der Waals surface area contributed by atoms with Gasteiger partial charge in [-0.2, -0.15) is 0 Å². The number of rotatable bonds is 8. The molecule has 0 spiro atoms. The van der Waals surface area contributed by atoms with Gasteiger partial charge in [0, 0.05) is 12.1 Å². The first-order valence-corrected chi connectivity index (χ1v) is 12.3. The molecule has 0 aliphatic heterocycles. The molecule has 2 aromatic carbocycles. The third-order valence-corrected chi connectivity index (χ3v) is 7.06. The fourth-order valence-electron chi connectivity index (χ4n) is 2.92. The van der Waals surface area contributed by atoms with Gasteiger partial charge in [0.05, 0.1) is 37.6 Å². The van der Waals surface area contributed by atoms with Crippen molar-refractivity contribution in [3.8, 4) is 0 Å². The van der Waals surface area contributed by atoms with E-state index in [9.17, 15) is 9.59 Å². The molecule has 174 valence electrons. The molecular weight excluding hydrogens is 528 g/mol. The fraction of sp³-hybridized carbons (Fsp3) is 0.238. The molecule has 0 aliphatic carbocycles. The van der Waals surface area contributed by atoms with Gasteiger partial charge >= 0.3 is 0 Å². The summed E-state index contributed by atoms with van der Waals surface area (Å²) in [6.45, 7) is 4.28. The van der Waals surface area contributed by atoms with Gasteiger partial charge in [-0.05, 0) is 44.2 Å². The van der Waals surface area contributed by atoms with Gasteiger partial charge in [-0.15, -0.1) is 10.2 Å². The summed E-state index contributed by atoms with van der Waals surface area (Å²) >= 11 is 25.2. The summed E-state index contributed by atoms with van der Waals surface area (Å²) in [7, 11) is 0. The zero-order chi connectivity index (χ0) is 24.1. The summed E-state index contributed by atoms with van der Waals surface area (Å²) in [5, 5.41) is 15.9. The number of carbonyl (C=O) groups is 2. The van der Waals surface area contributed by atoms with Crippen LogP contribution in [0.15, 0.2) is 41.6 Å². The maximum atomic E-state index is 12.6. The Labute approximate surface area is 215 Å². The van der Waals surface area contributed by atoms with Crippen molar-refractivity contribution in [1.29, 1.82) is 0 Å². The number of halogens is 4. The van der Waals surface area contributed by atoms with Crippen molar-refractivity contribution in [3.63, 3.8) is 0 Å². The monoisotopic (exact) mass is 545 g/mol. The van der Waals surface area contributed by atoms with Gasteiger partial charge in [0.25, 0.3) is 5.91 Å². The topological polar surface area (TPSA) is 88.9 Å². The molecule has 0 saturated carbocycles. The zero-order valence-electron chi connectivity index (χ0n) is 17.5. The lowest BCUT2D eigenvalue weighted by Crippen LogP contribution is -2.28. The van der Waals surface area contributed by atoms with Crippen molar-refractivity contribution in [2.45, 2.75) is 31.6 Å². The molecule has 2 amide bonds. The van der Waals surface area contributed by atoms with Crippen LogP contribution in [0.25, 0.3) is 0 Å². The van der Waals surface area contributed by atoms with E-state index >= 15 is 0 Å². The van der Waals surface area contributed by atoms with Gasteiger partial charge in [-0.1, -0.05) is 64.2 Å². The van der Waals surface area contributed by atoms with Crippen LogP contribution < -0.4 is 10.6 Å². The van der Waals surface area contributed by atoms with Crippen molar-refractivity contribution in [2.24, 2.45) is 0 Å². The number of nitrogens with zero attached hydrogens (tertiary/aromatic N) is 3. The molecule has 1 aromatic heterocycles. The third-order valence-electron chi connectivity index (χ3n) is 4.54. The molecule has 33 heavy (non-hydrogen) atoms. The lowest BCUT2D eigenvalue weighted by Gasteiger charge is -2.15. The molecule has 0 radical (unpaired) electrons. The molecule has 0 bridgehead atoms. The van der Waals surface area contributed by atoms with Gasteiger partial charge in [0.1, 0.15) is 0 Å². The van der Waals surface area contributed by atoms with Crippen molar-refractivity contribution >= 4 is 75.7 Å². The molecule has 1 atom stereocenters. The number of thioether (sulfide) groups is 1. The number of benzene rings is 2. The Bertz CT molecular complexity index is 1190.